The number of phenols is 1. The highest BCUT2D eigenvalue weighted by Gasteiger charge is 2.50. The van der Waals surface area contributed by atoms with Crippen LogP contribution in [0.1, 0.15) is 76.8 Å². The molecule has 27 heteroatoms. The van der Waals surface area contributed by atoms with Crippen molar-refractivity contribution in [3.05, 3.63) is 77.9 Å². The summed E-state index contributed by atoms with van der Waals surface area (Å²) in [6, 6.07) is 10.4. The molecule has 484 valence electrons. The first kappa shape index (κ1) is 66.5. The summed E-state index contributed by atoms with van der Waals surface area (Å²) in [6.07, 6.45) is -5.76. The van der Waals surface area contributed by atoms with Crippen molar-refractivity contribution in [3.63, 3.8) is 0 Å². The van der Waals surface area contributed by atoms with Crippen LogP contribution in [0.4, 0.5) is 5.69 Å². The number of carbonyl (C=O) groups is 6. The van der Waals surface area contributed by atoms with Gasteiger partial charge in [0, 0.05) is 94.0 Å². The number of piperazine rings is 1. The molecule has 5 fully saturated rings. The zero-order valence-corrected chi connectivity index (χ0v) is 51.5. The minimum atomic E-state index is -1.98. The number of nitrogens with two attached hydrogens (primary N) is 1. The number of ether oxygens (including phenoxy) is 1. The van der Waals surface area contributed by atoms with Crippen LogP contribution in [0, 0.1) is 11.8 Å². The van der Waals surface area contributed by atoms with Crippen molar-refractivity contribution >= 4 is 52.5 Å². The van der Waals surface area contributed by atoms with Crippen LogP contribution in [0.3, 0.4) is 0 Å². The Bertz CT molecular complexity index is 3090. The Morgan fingerprint density at radius 1 is 0.708 bits per heavy atom. The molecule has 0 spiro atoms. The van der Waals surface area contributed by atoms with Gasteiger partial charge in [-0.2, -0.15) is 0 Å². The normalized spacial score (nSPS) is 29.2. The molecule has 1 saturated carbocycles. The van der Waals surface area contributed by atoms with Gasteiger partial charge in [0.15, 0.2) is 11.5 Å². The van der Waals surface area contributed by atoms with Crippen molar-refractivity contribution in [2.45, 2.75) is 158 Å². The van der Waals surface area contributed by atoms with E-state index in [9.17, 15) is 64.5 Å². The van der Waals surface area contributed by atoms with Gasteiger partial charge in [0.2, 0.25) is 35.4 Å². The first-order chi connectivity index (χ1) is 42.6. The van der Waals surface area contributed by atoms with E-state index in [1.54, 1.807) is 6.92 Å². The minimum absolute atomic E-state index is 0.0158. The van der Waals surface area contributed by atoms with E-state index in [-0.39, 0.29) is 37.6 Å². The van der Waals surface area contributed by atoms with Gasteiger partial charge >= 0.3 is 0 Å². The van der Waals surface area contributed by atoms with E-state index in [4.69, 9.17) is 10.5 Å². The largest absolute Gasteiger partial charge is 0.504 e. The number of nitrogens with zero attached hydrogens (tertiary/aromatic N) is 6. The van der Waals surface area contributed by atoms with Crippen LogP contribution in [-0.4, -0.2) is 234 Å². The first-order valence-corrected chi connectivity index (χ1v) is 31.6. The monoisotopic (exact) mass is 1250 g/mol. The molecule has 0 bridgehead atoms. The van der Waals surface area contributed by atoms with E-state index in [2.05, 4.69) is 77.8 Å². The van der Waals surface area contributed by atoms with Gasteiger partial charge in [-0.05, 0) is 105 Å². The highest BCUT2D eigenvalue weighted by Crippen LogP contribution is 2.34. The molecule has 13 atom stereocenters. The van der Waals surface area contributed by atoms with Gasteiger partial charge in [-0.15, -0.1) is 10.2 Å². The molecule has 9 rings (SSSR count). The van der Waals surface area contributed by atoms with E-state index < -0.39 is 147 Å². The minimum Gasteiger partial charge on any atom is -0.504 e. The van der Waals surface area contributed by atoms with Crippen molar-refractivity contribution in [2.75, 3.05) is 64.4 Å². The van der Waals surface area contributed by atoms with E-state index in [1.807, 2.05) is 24.3 Å². The van der Waals surface area contributed by atoms with E-state index >= 15 is 0 Å². The Hall–Kier alpha value is -6.92. The van der Waals surface area contributed by atoms with Crippen molar-refractivity contribution in [1.82, 2.24) is 51.5 Å². The standard InChI is InChI=1S/C62H86N12O14S/c1-33-5-14-40(15-6-33)71-21-23-72(24-22-71)41-16-12-39(13-17-41)60-70-69-59(89-60)38-10-7-36(8-11-38)29-64-44-27-42(76)30-65-58(85)53-54(81)34(2)31-74(53)62(87)52(47(79)19-20-63)68-57(84)51(48(80)25-37-9-18-46(78)49(26-37)88-4)67-56(83)45-28-43(77)32-73(45)61(86)50(35(3)75)66-55(44)82/h7-13,16-18,26,33-35,40,42-45,47-48,50-54,64,75-81H,5-6,14-15,19-25,27-32,63H2,1-4H3,(H,65,85)(H,66,82)(H,67,83)(H,68,84). The summed E-state index contributed by atoms with van der Waals surface area (Å²) in [7, 11) is 1.29. The number of fused-ring (bicyclic) bond motifs is 2. The van der Waals surface area contributed by atoms with Crippen LogP contribution < -0.4 is 42.0 Å². The molecule has 1 aliphatic carbocycles. The average molecular weight is 1260 g/mol. The second-order valence-corrected chi connectivity index (χ2v) is 25.6. The van der Waals surface area contributed by atoms with Gasteiger partial charge in [0.05, 0.1) is 49.8 Å². The molecule has 89 heavy (non-hydrogen) atoms. The van der Waals surface area contributed by atoms with Crippen molar-refractivity contribution < 1.29 is 69.2 Å². The lowest BCUT2D eigenvalue weighted by molar-refractivity contribution is -0.147. The number of anilines is 1. The number of aromatic hydroxyl groups is 1. The summed E-state index contributed by atoms with van der Waals surface area (Å²) in [5.74, 6) is -6.28. The Labute approximate surface area is 521 Å². The third-order valence-corrected chi connectivity index (χ3v) is 19.1. The molecule has 26 nitrogen and oxygen atoms in total. The number of amides is 6. The maximum Gasteiger partial charge on any atom is 0.248 e. The SMILES string of the molecule is COc1cc(CC(O)C2NC(=O)C3CC(O)CN3C(=O)C(C(C)O)NC(=O)C(NCc3ccc(-c4nnc(-c5ccc(N6CCN(C7CCC(C)CC7)CC6)cc5)s4)cc3)CC(O)CNC(=O)C3C(O)C(C)CN3C(=O)C(C(O)CCN)NC2=O)ccc1O. The van der Waals surface area contributed by atoms with Crippen LogP contribution in [-0.2, 0) is 41.7 Å². The number of benzene rings is 3. The number of β-amino-alcohol motifs (C(OH)–C–C–N with tert-alkyl or cyclic N) is 1. The summed E-state index contributed by atoms with van der Waals surface area (Å²) in [6.45, 7) is 7.85. The van der Waals surface area contributed by atoms with Crippen molar-refractivity contribution in [1.29, 1.82) is 0 Å². The van der Waals surface area contributed by atoms with Crippen LogP contribution in [0.15, 0.2) is 66.7 Å². The van der Waals surface area contributed by atoms with Gasteiger partial charge in [-0.1, -0.05) is 55.5 Å². The molecular formula is C62H86N12O14S. The highest BCUT2D eigenvalue weighted by molar-refractivity contribution is 7.17. The first-order valence-electron chi connectivity index (χ1n) is 30.8. The number of phenolic OH excluding ortho intramolecular Hbond substituents is 1. The zero-order valence-electron chi connectivity index (χ0n) is 50.7. The molecule has 1 aromatic heterocycles. The maximum absolute atomic E-state index is 14.7. The molecule has 14 N–H and O–H groups in total. The Morgan fingerprint density at radius 2 is 1.33 bits per heavy atom. The fourth-order valence-corrected chi connectivity index (χ4v) is 13.6. The Kier molecular flexibility index (Phi) is 22.3. The van der Waals surface area contributed by atoms with E-state index in [0.717, 1.165) is 58.0 Å². The Morgan fingerprint density at radius 3 is 1.97 bits per heavy atom. The number of carbonyl (C=O) groups excluding carboxylic acids is 6. The van der Waals surface area contributed by atoms with Crippen LogP contribution in [0.2, 0.25) is 0 Å². The molecule has 5 heterocycles. The third kappa shape index (κ3) is 16.0. The van der Waals surface area contributed by atoms with E-state index in [0.29, 0.717) is 22.2 Å². The number of aromatic nitrogens is 2. The summed E-state index contributed by atoms with van der Waals surface area (Å²) in [5, 5.41) is 102. The number of nitrogens with one attached hydrogen (secondary N) is 5. The summed E-state index contributed by atoms with van der Waals surface area (Å²) in [5.41, 5.74) is 9.70. The smallest absolute Gasteiger partial charge is 0.248 e. The van der Waals surface area contributed by atoms with Gasteiger partial charge in [0.1, 0.15) is 40.2 Å². The molecule has 13 unspecified atom stereocenters. The number of hydrogen-bond donors (Lipinski definition) is 13. The predicted octanol–water partition coefficient (Wildman–Crippen LogP) is -1.06. The average Bonchev–Trinajstić information content (AvgIpc) is 2.07. The second-order valence-electron chi connectivity index (χ2n) is 24.6. The van der Waals surface area contributed by atoms with Crippen LogP contribution >= 0.6 is 11.3 Å². The van der Waals surface area contributed by atoms with Crippen LogP contribution in [0.5, 0.6) is 11.5 Å². The molecular weight excluding hydrogens is 1170 g/mol. The van der Waals surface area contributed by atoms with Crippen molar-refractivity contribution in [3.8, 4) is 32.6 Å². The molecule has 6 amide bonds. The van der Waals surface area contributed by atoms with Crippen LogP contribution in [0.25, 0.3) is 21.1 Å². The fourth-order valence-electron chi connectivity index (χ4n) is 12.7. The number of hydrogen-bond acceptors (Lipinski definition) is 21. The van der Waals surface area contributed by atoms with Gasteiger partial charge in [0.25, 0.3) is 0 Å². The molecule has 4 saturated heterocycles. The second kappa shape index (κ2) is 29.8. The summed E-state index contributed by atoms with van der Waals surface area (Å²) < 4.78 is 5.21. The van der Waals surface area contributed by atoms with E-state index in [1.165, 1.54) is 74.9 Å². The number of rotatable bonds is 15. The predicted molar refractivity (Wildman–Crippen MR) is 329 cm³/mol. The molecule has 4 aromatic rings. The summed E-state index contributed by atoms with van der Waals surface area (Å²) in [4.78, 5) is 94.1. The lowest BCUT2D eigenvalue weighted by atomic mass is 9.86. The highest BCUT2D eigenvalue weighted by atomic mass is 32.1. The molecule has 0 radical (unpaired) electrons. The topological polar surface area (TPSA) is 378 Å². The number of methoxy groups -OCH3 is 1. The third-order valence-electron chi connectivity index (χ3n) is 18.1. The number of aliphatic hydroxyl groups excluding tert-OH is 6. The zero-order chi connectivity index (χ0) is 63.8. The maximum atomic E-state index is 14.7. The van der Waals surface area contributed by atoms with Gasteiger partial charge in [-0.25, -0.2) is 0 Å². The number of aliphatic hydroxyl groups is 6. The molecule has 3 aromatic carbocycles. The molecule has 5 aliphatic rings. The van der Waals surface area contributed by atoms with Gasteiger partial charge in [-0.3, -0.25) is 33.7 Å². The lowest BCUT2D eigenvalue weighted by Crippen LogP contribution is -2.64. The fraction of sp³-hybridized carbons (Fsp3) is 0.581. The van der Waals surface area contributed by atoms with Gasteiger partial charge < -0.3 is 87.5 Å². The van der Waals surface area contributed by atoms with Crippen molar-refractivity contribution in [2.24, 2.45) is 17.6 Å². The lowest BCUT2D eigenvalue weighted by Gasteiger charge is -2.42. The quantitative estimate of drug-likeness (QED) is 0.0675. The Balaban J connectivity index is 0.934. The molecule has 4 aliphatic heterocycles. The summed E-state index contributed by atoms with van der Waals surface area (Å²) >= 11 is 1.44.